The van der Waals surface area contributed by atoms with Gasteiger partial charge in [0.2, 0.25) is 0 Å². The highest BCUT2D eigenvalue weighted by Gasteiger charge is 2.10. The molecule has 20 heavy (non-hydrogen) atoms. The molecule has 2 aromatic rings. The summed E-state index contributed by atoms with van der Waals surface area (Å²) in [5.74, 6) is -0.412. The maximum Gasteiger partial charge on any atom is 0.141 e. The van der Waals surface area contributed by atoms with E-state index in [2.05, 4.69) is 5.32 Å². The average molecular weight is 294 g/mol. The monoisotopic (exact) mass is 293 g/mol. The first-order chi connectivity index (χ1) is 9.70. The molecule has 0 heterocycles. The molecule has 0 spiro atoms. The summed E-state index contributed by atoms with van der Waals surface area (Å²) in [6.07, 6.45) is 0.624. The van der Waals surface area contributed by atoms with Crippen molar-refractivity contribution in [2.45, 2.75) is 19.0 Å². The van der Waals surface area contributed by atoms with Crippen LogP contribution in [0.3, 0.4) is 0 Å². The first kappa shape index (κ1) is 15.0. The Kier molecular flexibility index (Phi) is 5.53. The maximum absolute atomic E-state index is 13.1. The molecule has 0 fully saturated rings. The number of hydrogen-bond acceptors (Lipinski definition) is 2. The standard InChI is InChI=1S/C16H17ClFNO/c17-14-10-12(6-7-15(14)18)11-19-16(8-9-20)13-4-2-1-3-5-13/h1-7,10,16,19-20H,8-9,11H2/t16-/m1/s1. The molecule has 0 aliphatic heterocycles. The van der Waals surface area contributed by atoms with Gasteiger partial charge in [-0.25, -0.2) is 4.39 Å². The number of aliphatic hydroxyl groups excluding tert-OH is 1. The molecule has 0 aliphatic rings. The van der Waals surface area contributed by atoms with E-state index in [4.69, 9.17) is 16.7 Å². The van der Waals surface area contributed by atoms with Crippen LogP contribution in [0.25, 0.3) is 0 Å². The molecule has 1 atom stereocenters. The largest absolute Gasteiger partial charge is 0.396 e. The molecular formula is C16H17ClFNO. The fourth-order valence-electron chi connectivity index (χ4n) is 2.09. The lowest BCUT2D eigenvalue weighted by atomic mass is 10.0. The average Bonchev–Trinajstić information content (AvgIpc) is 2.48. The van der Waals surface area contributed by atoms with Crippen LogP contribution in [0.4, 0.5) is 4.39 Å². The summed E-state index contributed by atoms with van der Waals surface area (Å²) in [7, 11) is 0. The van der Waals surface area contributed by atoms with Crippen LogP contribution in [0, 0.1) is 5.82 Å². The number of benzene rings is 2. The molecule has 2 nitrogen and oxygen atoms in total. The van der Waals surface area contributed by atoms with E-state index in [-0.39, 0.29) is 17.7 Å². The Balaban J connectivity index is 2.03. The number of halogens is 2. The van der Waals surface area contributed by atoms with Crippen LogP contribution in [0.1, 0.15) is 23.6 Å². The van der Waals surface area contributed by atoms with Gasteiger partial charge in [-0.3, -0.25) is 0 Å². The minimum absolute atomic E-state index is 0.0602. The zero-order chi connectivity index (χ0) is 14.4. The van der Waals surface area contributed by atoms with Crippen molar-refractivity contribution < 1.29 is 9.50 Å². The predicted octanol–water partition coefficient (Wildman–Crippen LogP) is 3.69. The van der Waals surface area contributed by atoms with Crippen molar-refractivity contribution in [3.05, 3.63) is 70.5 Å². The van der Waals surface area contributed by atoms with Crippen LogP contribution in [0.5, 0.6) is 0 Å². The molecule has 2 rings (SSSR count). The summed E-state index contributed by atoms with van der Waals surface area (Å²) < 4.78 is 13.1. The van der Waals surface area contributed by atoms with Gasteiger partial charge < -0.3 is 10.4 Å². The number of aliphatic hydroxyl groups is 1. The Hall–Kier alpha value is -1.42. The van der Waals surface area contributed by atoms with Crippen LogP contribution in [-0.4, -0.2) is 11.7 Å². The SMILES string of the molecule is OCC[C@@H](NCc1ccc(F)c(Cl)c1)c1ccccc1. The van der Waals surface area contributed by atoms with Crippen LogP contribution in [0.2, 0.25) is 5.02 Å². The molecule has 0 aliphatic carbocycles. The zero-order valence-corrected chi connectivity index (χ0v) is 11.8. The summed E-state index contributed by atoms with van der Waals surface area (Å²) in [5, 5.41) is 12.7. The van der Waals surface area contributed by atoms with Gasteiger partial charge in [0.25, 0.3) is 0 Å². The van der Waals surface area contributed by atoms with Gasteiger partial charge in [-0.05, 0) is 29.7 Å². The molecule has 0 bridgehead atoms. The third-order valence-electron chi connectivity index (χ3n) is 3.16. The van der Waals surface area contributed by atoms with E-state index in [0.29, 0.717) is 13.0 Å². The molecule has 0 radical (unpaired) electrons. The van der Waals surface area contributed by atoms with Gasteiger partial charge in [0, 0.05) is 19.2 Å². The Labute approximate surface area is 123 Å². The topological polar surface area (TPSA) is 32.3 Å². The lowest BCUT2D eigenvalue weighted by molar-refractivity contribution is 0.265. The van der Waals surface area contributed by atoms with Crippen molar-refractivity contribution in [1.82, 2.24) is 5.32 Å². The smallest absolute Gasteiger partial charge is 0.141 e. The Bertz CT molecular complexity index is 547. The Morgan fingerprint density at radius 1 is 1.15 bits per heavy atom. The quantitative estimate of drug-likeness (QED) is 0.851. The van der Waals surface area contributed by atoms with E-state index < -0.39 is 5.82 Å². The summed E-state index contributed by atoms with van der Waals surface area (Å²) in [6.45, 7) is 0.677. The Morgan fingerprint density at radius 3 is 2.55 bits per heavy atom. The van der Waals surface area contributed by atoms with Crippen LogP contribution >= 0.6 is 11.6 Å². The molecule has 0 aromatic heterocycles. The Morgan fingerprint density at radius 2 is 1.90 bits per heavy atom. The van der Waals surface area contributed by atoms with E-state index in [0.717, 1.165) is 11.1 Å². The van der Waals surface area contributed by atoms with E-state index in [1.807, 2.05) is 30.3 Å². The summed E-state index contributed by atoms with van der Waals surface area (Å²) in [5.41, 5.74) is 2.03. The first-order valence-corrected chi connectivity index (χ1v) is 6.91. The van der Waals surface area contributed by atoms with Gasteiger partial charge in [0.15, 0.2) is 0 Å². The highest BCUT2D eigenvalue weighted by molar-refractivity contribution is 6.30. The fourth-order valence-corrected chi connectivity index (χ4v) is 2.29. The van der Waals surface area contributed by atoms with Crippen molar-refractivity contribution in [2.75, 3.05) is 6.61 Å². The fraction of sp³-hybridized carbons (Fsp3) is 0.250. The van der Waals surface area contributed by atoms with Crippen molar-refractivity contribution in [2.24, 2.45) is 0 Å². The van der Waals surface area contributed by atoms with E-state index >= 15 is 0 Å². The number of hydrogen-bond donors (Lipinski definition) is 2. The van der Waals surface area contributed by atoms with Crippen molar-refractivity contribution in [3.8, 4) is 0 Å². The normalized spacial score (nSPS) is 12.3. The van der Waals surface area contributed by atoms with Gasteiger partial charge in [-0.15, -0.1) is 0 Å². The van der Waals surface area contributed by atoms with Gasteiger partial charge in [0.1, 0.15) is 5.82 Å². The lowest BCUT2D eigenvalue weighted by Crippen LogP contribution is -2.22. The van der Waals surface area contributed by atoms with Crippen LogP contribution in [0.15, 0.2) is 48.5 Å². The van der Waals surface area contributed by atoms with E-state index in [1.165, 1.54) is 6.07 Å². The van der Waals surface area contributed by atoms with Crippen LogP contribution < -0.4 is 5.32 Å². The number of nitrogens with one attached hydrogen (secondary N) is 1. The van der Waals surface area contributed by atoms with Crippen molar-refractivity contribution in [3.63, 3.8) is 0 Å². The van der Waals surface area contributed by atoms with Gasteiger partial charge in [-0.1, -0.05) is 48.0 Å². The highest BCUT2D eigenvalue weighted by Crippen LogP contribution is 2.19. The van der Waals surface area contributed by atoms with Crippen molar-refractivity contribution in [1.29, 1.82) is 0 Å². The molecule has 0 amide bonds. The first-order valence-electron chi connectivity index (χ1n) is 6.54. The molecule has 106 valence electrons. The van der Waals surface area contributed by atoms with Crippen molar-refractivity contribution >= 4 is 11.6 Å². The second kappa shape index (κ2) is 7.39. The van der Waals surface area contributed by atoms with Gasteiger partial charge in [0.05, 0.1) is 5.02 Å². The summed E-state index contributed by atoms with van der Waals surface area (Å²) in [4.78, 5) is 0. The minimum Gasteiger partial charge on any atom is -0.396 e. The van der Waals surface area contributed by atoms with Gasteiger partial charge >= 0.3 is 0 Å². The van der Waals surface area contributed by atoms with Gasteiger partial charge in [-0.2, -0.15) is 0 Å². The third-order valence-corrected chi connectivity index (χ3v) is 3.45. The second-order valence-corrected chi connectivity index (χ2v) is 5.01. The zero-order valence-electron chi connectivity index (χ0n) is 11.0. The second-order valence-electron chi connectivity index (χ2n) is 4.60. The molecule has 0 saturated carbocycles. The molecule has 0 unspecified atom stereocenters. The van der Waals surface area contributed by atoms with Crippen LogP contribution in [-0.2, 0) is 6.54 Å². The molecule has 4 heteroatoms. The summed E-state index contributed by atoms with van der Waals surface area (Å²) in [6, 6.07) is 14.7. The molecule has 2 aromatic carbocycles. The third kappa shape index (κ3) is 4.04. The highest BCUT2D eigenvalue weighted by atomic mass is 35.5. The van der Waals surface area contributed by atoms with E-state index in [1.54, 1.807) is 12.1 Å². The lowest BCUT2D eigenvalue weighted by Gasteiger charge is -2.18. The number of rotatable bonds is 6. The molecule has 0 saturated heterocycles. The summed E-state index contributed by atoms with van der Waals surface area (Å²) >= 11 is 5.76. The maximum atomic E-state index is 13.1. The predicted molar refractivity (Wildman–Crippen MR) is 79.1 cm³/mol. The molecular weight excluding hydrogens is 277 g/mol. The minimum atomic E-state index is -0.412. The van der Waals surface area contributed by atoms with E-state index in [9.17, 15) is 4.39 Å². The molecule has 2 N–H and O–H groups in total.